The van der Waals surface area contributed by atoms with Gasteiger partial charge in [0.1, 0.15) is 18.7 Å². The number of rotatable bonds is 12. The Labute approximate surface area is 206 Å². The molecule has 2 N–H and O–H groups in total. The van der Waals surface area contributed by atoms with E-state index in [0.717, 1.165) is 39.9 Å². The maximum absolute atomic E-state index is 8.01. The third-order valence-electron chi connectivity index (χ3n) is 5.15. The molecule has 33 heavy (non-hydrogen) atoms. The second-order valence-electron chi connectivity index (χ2n) is 8.62. The zero-order chi connectivity index (χ0) is 23.8. The lowest BCUT2D eigenvalue weighted by atomic mass is 10.0. The summed E-state index contributed by atoms with van der Waals surface area (Å²) in [5.74, 6) is 1.07. The predicted molar refractivity (Wildman–Crippen MR) is 145 cm³/mol. The molecule has 0 bridgehead atoms. The molecule has 0 fully saturated rings. The number of hydrogen-bond donors (Lipinski definition) is 2. The van der Waals surface area contributed by atoms with Crippen LogP contribution in [0, 0.1) is 5.41 Å². The van der Waals surface area contributed by atoms with E-state index in [9.17, 15) is 0 Å². The highest BCUT2D eigenvalue weighted by atomic mass is 79.9. The van der Waals surface area contributed by atoms with E-state index in [0.29, 0.717) is 18.0 Å². The van der Waals surface area contributed by atoms with E-state index >= 15 is 0 Å². The molecule has 6 nitrogen and oxygen atoms in total. The quantitative estimate of drug-likeness (QED) is 0.177. The number of aromatic nitrogens is 3. The molecule has 2 heterocycles. The maximum Gasteiger partial charge on any atom is 0.145 e. The van der Waals surface area contributed by atoms with Gasteiger partial charge in [-0.15, -0.1) is 6.58 Å². The van der Waals surface area contributed by atoms with Gasteiger partial charge in [-0.1, -0.05) is 34.1 Å². The SMILES string of the molecule is C=CCC(N/C=C(\C=N)c1ncnc2c1ccn2COCCS(C)(C)C)c1cccc(Br)c1. The number of fused-ring (bicyclic) bond motifs is 1. The van der Waals surface area contributed by atoms with Crippen LogP contribution in [-0.4, -0.2) is 51.9 Å². The molecule has 0 saturated carbocycles. The van der Waals surface area contributed by atoms with Gasteiger partial charge in [-0.3, -0.25) is 0 Å². The van der Waals surface area contributed by atoms with Gasteiger partial charge in [0.05, 0.1) is 18.3 Å². The van der Waals surface area contributed by atoms with Gasteiger partial charge in [0.25, 0.3) is 0 Å². The topological polar surface area (TPSA) is 75.8 Å². The highest BCUT2D eigenvalue weighted by Crippen LogP contribution is 2.33. The number of nitrogens with one attached hydrogen (secondary N) is 2. The molecule has 0 aliphatic heterocycles. The molecule has 1 unspecified atom stereocenters. The van der Waals surface area contributed by atoms with Gasteiger partial charge in [-0.05, 0) is 49.0 Å². The average Bonchev–Trinajstić information content (AvgIpc) is 3.19. The zero-order valence-corrected chi connectivity index (χ0v) is 21.8. The van der Waals surface area contributed by atoms with Crippen LogP contribution in [0.2, 0.25) is 0 Å². The first-order valence-corrected chi connectivity index (χ1v) is 14.5. The first-order valence-electron chi connectivity index (χ1n) is 10.7. The van der Waals surface area contributed by atoms with E-state index in [2.05, 4.69) is 68.7 Å². The summed E-state index contributed by atoms with van der Waals surface area (Å²) in [4.78, 5) is 8.95. The Bertz CT molecular complexity index is 1140. The highest BCUT2D eigenvalue weighted by molar-refractivity contribution is 9.10. The van der Waals surface area contributed by atoms with Crippen molar-refractivity contribution in [2.24, 2.45) is 0 Å². The summed E-state index contributed by atoms with van der Waals surface area (Å²) < 4.78 is 8.90. The van der Waals surface area contributed by atoms with E-state index in [-0.39, 0.29) is 6.04 Å². The van der Waals surface area contributed by atoms with E-state index < -0.39 is 10.0 Å². The van der Waals surface area contributed by atoms with E-state index in [1.54, 1.807) is 6.33 Å². The average molecular weight is 531 g/mol. The van der Waals surface area contributed by atoms with Gasteiger partial charge in [0.15, 0.2) is 0 Å². The van der Waals surface area contributed by atoms with Crippen molar-refractivity contribution in [2.75, 3.05) is 31.1 Å². The molecule has 3 rings (SSSR count). The standard InChI is InChI=1S/C25H32BrN5OS/c1-5-7-23(19-8-6-9-21(26)14-19)28-16-20(15-27)24-22-10-11-31(25(22)30-17-29-24)18-32-12-13-33(2,3)4/h5-6,8-11,14-17,23,27-28H,1,7,12-13,18H2,2-4H3/b20-16+,27-15?. The molecule has 1 atom stereocenters. The minimum absolute atomic E-state index is 0.0372. The van der Waals surface area contributed by atoms with Crippen molar-refractivity contribution in [3.05, 3.63) is 77.4 Å². The normalized spacial score (nSPS) is 13.6. The Balaban J connectivity index is 1.81. The van der Waals surface area contributed by atoms with Crippen LogP contribution in [0.15, 0.2) is 66.2 Å². The van der Waals surface area contributed by atoms with Crippen molar-refractivity contribution in [3.63, 3.8) is 0 Å². The maximum atomic E-state index is 8.01. The van der Waals surface area contributed by atoms with Crippen molar-refractivity contribution >= 4 is 48.8 Å². The molecule has 1 aromatic carbocycles. The van der Waals surface area contributed by atoms with Gasteiger partial charge in [0.2, 0.25) is 0 Å². The Kier molecular flexibility index (Phi) is 8.88. The Morgan fingerprint density at radius 3 is 2.82 bits per heavy atom. The van der Waals surface area contributed by atoms with Crippen LogP contribution in [0.1, 0.15) is 23.7 Å². The van der Waals surface area contributed by atoms with Crippen LogP contribution in [-0.2, 0) is 11.5 Å². The summed E-state index contributed by atoms with van der Waals surface area (Å²) in [6.45, 7) is 5.06. The second kappa shape index (κ2) is 11.6. The lowest BCUT2D eigenvalue weighted by molar-refractivity contribution is 0.0923. The van der Waals surface area contributed by atoms with E-state index in [4.69, 9.17) is 10.1 Å². The molecular formula is C25H32BrN5OS. The molecule has 0 saturated heterocycles. The summed E-state index contributed by atoms with van der Waals surface area (Å²) in [5, 5.41) is 12.3. The predicted octanol–water partition coefficient (Wildman–Crippen LogP) is 5.76. The van der Waals surface area contributed by atoms with Crippen molar-refractivity contribution in [1.82, 2.24) is 19.9 Å². The molecule has 0 aliphatic carbocycles. The van der Waals surface area contributed by atoms with Crippen LogP contribution in [0.3, 0.4) is 0 Å². The van der Waals surface area contributed by atoms with Gasteiger partial charge in [-0.2, -0.15) is 0 Å². The minimum Gasteiger partial charge on any atom is -0.383 e. The van der Waals surface area contributed by atoms with Crippen molar-refractivity contribution in [2.45, 2.75) is 19.2 Å². The molecule has 176 valence electrons. The van der Waals surface area contributed by atoms with Crippen LogP contribution >= 0.6 is 26.0 Å². The molecular weight excluding hydrogens is 498 g/mol. The summed E-state index contributed by atoms with van der Waals surface area (Å²) in [7, 11) is -0.577. The lowest BCUT2D eigenvalue weighted by Crippen LogP contribution is -2.16. The molecule has 0 aliphatic rings. The Morgan fingerprint density at radius 2 is 2.12 bits per heavy atom. The Hall–Kier alpha value is -2.42. The Morgan fingerprint density at radius 1 is 1.30 bits per heavy atom. The van der Waals surface area contributed by atoms with Gasteiger partial charge in [-0.25, -0.2) is 20.0 Å². The molecule has 0 radical (unpaired) electrons. The zero-order valence-electron chi connectivity index (χ0n) is 19.4. The number of nitrogens with zero attached hydrogens (tertiary/aromatic N) is 3. The largest absolute Gasteiger partial charge is 0.383 e. The lowest BCUT2D eigenvalue weighted by Gasteiger charge is -2.24. The molecule has 3 aromatic rings. The first kappa shape index (κ1) is 25.2. The third-order valence-corrected chi connectivity index (χ3v) is 7.03. The number of benzene rings is 1. The molecule has 0 spiro atoms. The third kappa shape index (κ3) is 7.03. The van der Waals surface area contributed by atoms with Crippen molar-refractivity contribution < 1.29 is 4.74 Å². The fourth-order valence-corrected chi connectivity index (χ4v) is 4.40. The van der Waals surface area contributed by atoms with Crippen molar-refractivity contribution in [3.8, 4) is 0 Å². The summed E-state index contributed by atoms with van der Waals surface area (Å²) in [5.41, 5.74) is 3.33. The minimum atomic E-state index is -0.577. The van der Waals surface area contributed by atoms with Crippen LogP contribution < -0.4 is 5.32 Å². The molecule has 2 aromatic heterocycles. The highest BCUT2D eigenvalue weighted by Gasteiger charge is 2.13. The summed E-state index contributed by atoms with van der Waals surface area (Å²) in [6.07, 6.45) is 16.2. The number of allylic oxidation sites excluding steroid dienone is 1. The summed E-state index contributed by atoms with van der Waals surface area (Å²) in [6, 6.07) is 10.2. The van der Waals surface area contributed by atoms with Crippen molar-refractivity contribution in [1.29, 1.82) is 5.41 Å². The molecule has 0 amide bonds. The van der Waals surface area contributed by atoms with Crippen LogP contribution in [0.25, 0.3) is 16.6 Å². The van der Waals surface area contributed by atoms with Gasteiger partial charge in [0, 0.05) is 39.8 Å². The number of halogens is 1. The number of ether oxygens (including phenoxy) is 1. The fourth-order valence-electron chi connectivity index (χ4n) is 3.37. The summed E-state index contributed by atoms with van der Waals surface area (Å²) >= 11 is 3.54. The van der Waals surface area contributed by atoms with Gasteiger partial charge >= 0.3 is 0 Å². The monoisotopic (exact) mass is 529 g/mol. The van der Waals surface area contributed by atoms with Crippen LogP contribution in [0.4, 0.5) is 0 Å². The molecule has 8 heteroatoms. The smallest absolute Gasteiger partial charge is 0.145 e. The second-order valence-corrected chi connectivity index (χ2v) is 14.1. The first-order chi connectivity index (χ1) is 15.8. The van der Waals surface area contributed by atoms with E-state index in [1.165, 1.54) is 6.21 Å². The van der Waals surface area contributed by atoms with E-state index in [1.807, 2.05) is 41.2 Å². The van der Waals surface area contributed by atoms with Gasteiger partial charge < -0.3 is 20.0 Å². The number of hydrogen-bond acceptors (Lipinski definition) is 5. The fraction of sp³-hybridized carbons (Fsp3) is 0.320. The van der Waals surface area contributed by atoms with Crippen LogP contribution in [0.5, 0.6) is 0 Å².